The van der Waals surface area contributed by atoms with Gasteiger partial charge < -0.3 is 9.15 Å². The van der Waals surface area contributed by atoms with Crippen LogP contribution in [0.4, 0.5) is 0 Å². The van der Waals surface area contributed by atoms with E-state index in [2.05, 4.69) is 0 Å². The zero-order valence-corrected chi connectivity index (χ0v) is 9.68. The van der Waals surface area contributed by atoms with Crippen LogP contribution in [0.2, 0.25) is 0 Å². The molecule has 0 aliphatic heterocycles. The maximum atomic E-state index is 11.6. The quantitative estimate of drug-likeness (QED) is 0.810. The maximum absolute atomic E-state index is 11.6. The number of rotatable bonds is 4. The second kappa shape index (κ2) is 5.34. The van der Waals surface area contributed by atoms with E-state index < -0.39 is 0 Å². The van der Waals surface area contributed by atoms with Gasteiger partial charge in [-0.2, -0.15) is 0 Å². The largest absolute Gasteiger partial charge is 0.482 e. The van der Waals surface area contributed by atoms with Gasteiger partial charge in [0.1, 0.15) is 12.4 Å². The Hall–Kier alpha value is -2.03. The molecule has 1 heterocycles. The van der Waals surface area contributed by atoms with E-state index in [0.717, 1.165) is 5.56 Å². The van der Waals surface area contributed by atoms with Crippen LogP contribution in [0.3, 0.4) is 0 Å². The van der Waals surface area contributed by atoms with Gasteiger partial charge in [-0.3, -0.25) is 4.79 Å². The molecule has 0 saturated carbocycles. The van der Waals surface area contributed by atoms with Crippen LogP contribution in [0, 0.1) is 0 Å². The van der Waals surface area contributed by atoms with Crippen LogP contribution < -0.4 is 10.2 Å². The fourth-order valence-electron chi connectivity index (χ4n) is 1.57. The van der Waals surface area contributed by atoms with Crippen LogP contribution in [0.15, 0.2) is 51.9 Å². The number of hydrogen-bond acceptors (Lipinski definition) is 3. The van der Waals surface area contributed by atoms with Crippen molar-refractivity contribution >= 4 is 0 Å². The Balaban J connectivity index is 2.17. The number of hydrogen-bond donors (Lipinski definition) is 0. The second-order valence-electron chi connectivity index (χ2n) is 3.66. The molecule has 1 aromatic heterocycles. The van der Waals surface area contributed by atoms with Crippen molar-refractivity contribution in [2.45, 2.75) is 20.0 Å². The Labute approximate surface area is 99.7 Å². The van der Waals surface area contributed by atoms with Crippen LogP contribution in [0.25, 0.3) is 0 Å². The third-order valence-electron chi connectivity index (χ3n) is 2.45. The van der Waals surface area contributed by atoms with Gasteiger partial charge in [0.15, 0.2) is 0 Å². The van der Waals surface area contributed by atoms with Gasteiger partial charge in [0.05, 0.1) is 6.26 Å². The van der Waals surface area contributed by atoms with Gasteiger partial charge >= 0.3 is 0 Å². The van der Waals surface area contributed by atoms with Crippen LogP contribution in [0.5, 0.6) is 5.75 Å². The summed E-state index contributed by atoms with van der Waals surface area (Å²) in [7, 11) is 0. The fourth-order valence-corrected chi connectivity index (χ4v) is 1.57. The third-order valence-corrected chi connectivity index (χ3v) is 2.45. The normalized spacial score (nSPS) is 10.2. The van der Waals surface area contributed by atoms with E-state index in [0.29, 0.717) is 24.5 Å². The summed E-state index contributed by atoms with van der Waals surface area (Å²) in [5.41, 5.74) is 0.891. The van der Waals surface area contributed by atoms with Crippen molar-refractivity contribution in [1.82, 2.24) is 0 Å². The van der Waals surface area contributed by atoms with Gasteiger partial charge in [-0.05, 0) is 5.56 Å². The molecule has 0 fully saturated rings. The molecule has 0 N–H and O–H groups in total. The summed E-state index contributed by atoms with van der Waals surface area (Å²) in [6, 6.07) is 11.1. The lowest BCUT2D eigenvalue weighted by atomic mass is 10.2. The van der Waals surface area contributed by atoms with Crippen LogP contribution >= 0.6 is 0 Å². The molecule has 0 bridgehead atoms. The smallest absolute Gasteiger partial charge is 0.227 e. The van der Waals surface area contributed by atoms with E-state index in [1.54, 1.807) is 0 Å². The second-order valence-corrected chi connectivity index (χ2v) is 3.66. The highest BCUT2D eigenvalue weighted by Gasteiger charge is 2.08. The average molecular weight is 230 g/mol. The molecule has 17 heavy (non-hydrogen) atoms. The summed E-state index contributed by atoms with van der Waals surface area (Å²) in [5.74, 6) is 0.910. The van der Waals surface area contributed by atoms with Gasteiger partial charge in [0, 0.05) is 12.5 Å². The summed E-state index contributed by atoms with van der Waals surface area (Å²) in [6.45, 7) is 2.30. The lowest BCUT2D eigenvalue weighted by Gasteiger charge is -2.07. The van der Waals surface area contributed by atoms with Gasteiger partial charge in [-0.1, -0.05) is 37.3 Å². The molecular formula is C14H14O3. The maximum Gasteiger partial charge on any atom is 0.227 e. The molecular weight excluding hydrogens is 216 g/mol. The molecule has 2 rings (SSSR count). The number of benzene rings is 1. The highest BCUT2D eigenvalue weighted by atomic mass is 16.5. The van der Waals surface area contributed by atoms with E-state index in [9.17, 15) is 4.79 Å². The first-order valence-corrected chi connectivity index (χ1v) is 5.58. The zero-order chi connectivity index (χ0) is 12.1. The monoisotopic (exact) mass is 230 g/mol. The highest BCUT2D eigenvalue weighted by Crippen LogP contribution is 2.14. The Morgan fingerprint density at radius 1 is 1.18 bits per heavy atom. The van der Waals surface area contributed by atoms with E-state index in [-0.39, 0.29) is 5.43 Å². The minimum Gasteiger partial charge on any atom is -0.482 e. The van der Waals surface area contributed by atoms with Gasteiger partial charge in [-0.25, -0.2) is 0 Å². The lowest BCUT2D eigenvalue weighted by Crippen LogP contribution is -2.09. The fraction of sp³-hybridized carbons (Fsp3) is 0.214. The van der Waals surface area contributed by atoms with Crippen molar-refractivity contribution in [2.75, 3.05) is 0 Å². The average Bonchev–Trinajstić information content (AvgIpc) is 2.38. The van der Waals surface area contributed by atoms with Crippen molar-refractivity contribution in [3.05, 3.63) is 64.2 Å². The van der Waals surface area contributed by atoms with Crippen molar-refractivity contribution < 1.29 is 9.15 Å². The molecule has 0 unspecified atom stereocenters. The molecule has 0 saturated heterocycles. The first kappa shape index (κ1) is 11.5. The van der Waals surface area contributed by atoms with Gasteiger partial charge in [0.2, 0.25) is 11.2 Å². The summed E-state index contributed by atoms with van der Waals surface area (Å²) >= 11 is 0. The predicted octanol–water partition coefficient (Wildman–Crippen LogP) is 2.78. The van der Waals surface area contributed by atoms with Crippen molar-refractivity contribution in [2.24, 2.45) is 0 Å². The molecule has 1 aromatic carbocycles. The van der Waals surface area contributed by atoms with Gasteiger partial charge in [0.25, 0.3) is 0 Å². The Kier molecular flexibility index (Phi) is 3.60. The van der Waals surface area contributed by atoms with Crippen molar-refractivity contribution in [3.8, 4) is 5.75 Å². The SMILES string of the molecule is CCc1occc(=O)c1OCc1ccccc1. The zero-order valence-electron chi connectivity index (χ0n) is 9.68. The summed E-state index contributed by atoms with van der Waals surface area (Å²) in [6.07, 6.45) is 2.04. The lowest BCUT2D eigenvalue weighted by molar-refractivity contribution is 0.284. The van der Waals surface area contributed by atoms with Crippen LogP contribution in [-0.2, 0) is 13.0 Å². The Morgan fingerprint density at radius 2 is 1.94 bits per heavy atom. The Morgan fingerprint density at radius 3 is 2.65 bits per heavy atom. The molecule has 0 amide bonds. The van der Waals surface area contributed by atoms with Crippen molar-refractivity contribution in [1.29, 1.82) is 0 Å². The minimum absolute atomic E-state index is 0.135. The topological polar surface area (TPSA) is 39.4 Å². The Bertz CT molecular complexity index is 529. The molecule has 88 valence electrons. The molecule has 2 aromatic rings. The van der Waals surface area contributed by atoms with E-state index in [1.165, 1.54) is 12.3 Å². The number of aryl methyl sites for hydroxylation is 1. The molecule has 0 radical (unpaired) electrons. The first-order chi connectivity index (χ1) is 8.31. The molecule has 0 atom stereocenters. The highest BCUT2D eigenvalue weighted by molar-refractivity contribution is 5.25. The summed E-state index contributed by atoms with van der Waals surface area (Å²) < 4.78 is 10.8. The standard InChI is InChI=1S/C14H14O3/c1-2-13-14(12(15)8-9-16-13)17-10-11-6-4-3-5-7-11/h3-9H,2,10H2,1H3. The minimum atomic E-state index is -0.135. The molecule has 0 aliphatic carbocycles. The van der Waals surface area contributed by atoms with Crippen LogP contribution in [-0.4, -0.2) is 0 Å². The number of ether oxygens (including phenoxy) is 1. The molecule has 3 heteroatoms. The van der Waals surface area contributed by atoms with Crippen molar-refractivity contribution in [3.63, 3.8) is 0 Å². The molecule has 0 aliphatic rings. The summed E-state index contributed by atoms with van der Waals surface area (Å²) in [4.78, 5) is 11.6. The summed E-state index contributed by atoms with van der Waals surface area (Å²) in [5, 5.41) is 0. The first-order valence-electron chi connectivity index (χ1n) is 5.58. The molecule has 0 spiro atoms. The van der Waals surface area contributed by atoms with E-state index in [4.69, 9.17) is 9.15 Å². The van der Waals surface area contributed by atoms with E-state index in [1.807, 2.05) is 37.3 Å². The van der Waals surface area contributed by atoms with Gasteiger partial charge in [-0.15, -0.1) is 0 Å². The predicted molar refractivity (Wildman–Crippen MR) is 65.1 cm³/mol. The van der Waals surface area contributed by atoms with E-state index >= 15 is 0 Å². The third kappa shape index (κ3) is 2.75. The molecule has 3 nitrogen and oxygen atoms in total. The van der Waals surface area contributed by atoms with Crippen LogP contribution in [0.1, 0.15) is 18.2 Å².